The number of hydrogen-bond acceptors (Lipinski definition) is 2. The fraction of sp³-hybridized carbons (Fsp3) is 0.235. The van der Waals surface area contributed by atoms with Gasteiger partial charge in [-0.2, -0.15) is 0 Å². The van der Waals surface area contributed by atoms with Crippen molar-refractivity contribution >= 4 is 35.0 Å². The normalized spacial score (nSPS) is 10.4. The van der Waals surface area contributed by atoms with E-state index < -0.39 is 0 Å². The summed E-state index contributed by atoms with van der Waals surface area (Å²) in [4.78, 5) is 13.2. The second kappa shape index (κ2) is 8.11. The lowest BCUT2D eigenvalue weighted by Crippen LogP contribution is -2.12. The molecule has 1 amide bonds. The summed E-state index contributed by atoms with van der Waals surface area (Å²) in [6, 6.07) is 15.8. The zero-order valence-electron chi connectivity index (χ0n) is 11.9. The van der Waals surface area contributed by atoms with Crippen molar-refractivity contribution in [3.8, 4) is 0 Å². The highest BCUT2D eigenvalue weighted by Crippen LogP contribution is 2.23. The maximum absolute atomic E-state index is 11.9. The van der Waals surface area contributed by atoms with Gasteiger partial charge in [0.1, 0.15) is 0 Å². The van der Waals surface area contributed by atoms with Gasteiger partial charge in [0, 0.05) is 22.0 Å². The Bertz CT molecular complexity index is 601. The lowest BCUT2D eigenvalue weighted by Gasteiger charge is -2.09. The molecule has 4 heteroatoms. The zero-order chi connectivity index (χ0) is 15.1. The Morgan fingerprint density at radius 2 is 1.90 bits per heavy atom. The molecule has 0 atom stereocenters. The summed E-state index contributed by atoms with van der Waals surface area (Å²) in [5, 5.41) is 3.59. The monoisotopic (exact) mass is 319 g/mol. The van der Waals surface area contributed by atoms with E-state index in [4.69, 9.17) is 11.6 Å². The number of rotatable bonds is 6. The molecule has 1 N–H and O–H groups in total. The Kier molecular flexibility index (Phi) is 6.15. The minimum atomic E-state index is 0.0361. The third-order valence-corrected chi connectivity index (χ3v) is 4.61. The standard InChI is InChI=1S/C17H18ClNOS/c1-13-15(18)9-5-10-16(13)19-17(20)11-6-12-21-14-7-3-2-4-8-14/h2-5,7-10H,6,11-12H2,1H3,(H,19,20). The molecule has 0 fully saturated rings. The Labute approximate surface area is 134 Å². The molecule has 0 bridgehead atoms. The van der Waals surface area contributed by atoms with Crippen LogP contribution in [0.5, 0.6) is 0 Å². The summed E-state index contributed by atoms with van der Waals surface area (Å²) in [6.07, 6.45) is 1.37. The molecule has 0 aliphatic carbocycles. The number of carbonyl (C=O) groups is 1. The first-order chi connectivity index (χ1) is 10.2. The lowest BCUT2D eigenvalue weighted by molar-refractivity contribution is -0.116. The number of hydrogen-bond donors (Lipinski definition) is 1. The number of thioether (sulfide) groups is 1. The van der Waals surface area contributed by atoms with E-state index in [0.717, 1.165) is 23.4 Å². The van der Waals surface area contributed by atoms with Crippen molar-refractivity contribution in [1.29, 1.82) is 0 Å². The van der Waals surface area contributed by atoms with Crippen LogP contribution in [0.1, 0.15) is 18.4 Å². The van der Waals surface area contributed by atoms with E-state index >= 15 is 0 Å². The molecule has 0 unspecified atom stereocenters. The van der Waals surface area contributed by atoms with Crippen LogP contribution < -0.4 is 5.32 Å². The number of nitrogens with one attached hydrogen (secondary N) is 1. The molecule has 2 aromatic rings. The van der Waals surface area contributed by atoms with Crippen molar-refractivity contribution < 1.29 is 4.79 Å². The highest BCUT2D eigenvalue weighted by Gasteiger charge is 2.06. The van der Waals surface area contributed by atoms with Crippen molar-refractivity contribution in [2.75, 3.05) is 11.1 Å². The van der Waals surface area contributed by atoms with E-state index in [1.54, 1.807) is 11.8 Å². The number of anilines is 1. The van der Waals surface area contributed by atoms with Crippen molar-refractivity contribution in [1.82, 2.24) is 0 Å². The van der Waals surface area contributed by atoms with Gasteiger partial charge in [-0.1, -0.05) is 35.9 Å². The molecule has 110 valence electrons. The van der Waals surface area contributed by atoms with Gasteiger partial charge in [0.05, 0.1) is 0 Å². The van der Waals surface area contributed by atoms with Crippen LogP contribution in [-0.4, -0.2) is 11.7 Å². The quantitative estimate of drug-likeness (QED) is 0.588. The summed E-state index contributed by atoms with van der Waals surface area (Å²) in [6.45, 7) is 1.91. The average molecular weight is 320 g/mol. The van der Waals surface area contributed by atoms with Gasteiger partial charge in [0.2, 0.25) is 5.91 Å². The summed E-state index contributed by atoms with van der Waals surface area (Å²) >= 11 is 7.81. The molecule has 0 saturated carbocycles. The Balaban J connectivity index is 1.74. The van der Waals surface area contributed by atoms with Crippen LogP contribution in [0.2, 0.25) is 5.02 Å². The van der Waals surface area contributed by atoms with Crippen LogP contribution >= 0.6 is 23.4 Å². The minimum absolute atomic E-state index is 0.0361. The number of amides is 1. The summed E-state index contributed by atoms with van der Waals surface area (Å²) in [5.74, 6) is 0.973. The van der Waals surface area contributed by atoms with Gasteiger partial charge in [-0.05, 0) is 48.9 Å². The summed E-state index contributed by atoms with van der Waals surface area (Å²) in [5.41, 5.74) is 1.70. The average Bonchev–Trinajstić information content (AvgIpc) is 2.49. The van der Waals surface area contributed by atoms with E-state index in [1.165, 1.54) is 4.90 Å². The fourth-order valence-electron chi connectivity index (χ4n) is 1.90. The van der Waals surface area contributed by atoms with Gasteiger partial charge in [-0.15, -0.1) is 11.8 Å². The molecule has 2 aromatic carbocycles. The van der Waals surface area contributed by atoms with Gasteiger partial charge >= 0.3 is 0 Å². The molecule has 2 nitrogen and oxygen atoms in total. The molecular formula is C17H18ClNOS. The maximum atomic E-state index is 11.9. The molecule has 0 aliphatic rings. The summed E-state index contributed by atoms with van der Waals surface area (Å²) < 4.78 is 0. The third-order valence-electron chi connectivity index (χ3n) is 3.10. The Morgan fingerprint density at radius 3 is 2.67 bits per heavy atom. The number of halogens is 1. The second-order valence-corrected chi connectivity index (χ2v) is 6.30. The van der Waals surface area contributed by atoms with Crippen LogP contribution in [0.4, 0.5) is 5.69 Å². The van der Waals surface area contributed by atoms with Gasteiger partial charge in [-0.3, -0.25) is 4.79 Å². The maximum Gasteiger partial charge on any atom is 0.224 e. The van der Waals surface area contributed by atoms with Crippen LogP contribution in [0.15, 0.2) is 53.4 Å². The first kappa shape index (κ1) is 15.9. The SMILES string of the molecule is Cc1c(Cl)cccc1NC(=O)CCCSc1ccccc1. The molecule has 0 radical (unpaired) electrons. The van der Waals surface area contributed by atoms with Crippen LogP contribution in [0.25, 0.3) is 0 Å². The molecule has 0 heterocycles. The molecule has 0 aliphatic heterocycles. The largest absolute Gasteiger partial charge is 0.326 e. The van der Waals surface area contributed by atoms with Crippen molar-refractivity contribution in [2.45, 2.75) is 24.7 Å². The topological polar surface area (TPSA) is 29.1 Å². The van der Waals surface area contributed by atoms with Gasteiger partial charge < -0.3 is 5.32 Å². The Hall–Kier alpha value is -1.45. The van der Waals surface area contributed by atoms with Gasteiger partial charge in [0.15, 0.2) is 0 Å². The zero-order valence-corrected chi connectivity index (χ0v) is 13.5. The molecule has 2 rings (SSSR count). The second-order valence-electron chi connectivity index (χ2n) is 4.73. The van der Waals surface area contributed by atoms with Crippen LogP contribution in [-0.2, 0) is 4.79 Å². The number of benzene rings is 2. The first-order valence-electron chi connectivity index (χ1n) is 6.89. The molecule has 0 aromatic heterocycles. The highest BCUT2D eigenvalue weighted by atomic mass is 35.5. The van der Waals surface area contributed by atoms with E-state index in [9.17, 15) is 4.79 Å². The van der Waals surface area contributed by atoms with Crippen molar-refractivity contribution in [2.24, 2.45) is 0 Å². The predicted molar refractivity (Wildman–Crippen MR) is 91.2 cm³/mol. The predicted octanol–water partition coefficient (Wildman–Crippen LogP) is 5.16. The lowest BCUT2D eigenvalue weighted by atomic mass is 10.2. The Morgan fingerprint density at radius 1 is 1.14 bits per heavy atom. The fourth-order valence-corrected chi connectivity index (χ4v) is 2.94. The van der Waals surface area contributed by atoms with Gasteiger partial charge in [0.25, 0.3) is 0 Å². The van der Waals surface area contributed by atoms with Crippen LogP contribution in [0.3, 0.4) is 0 Å². The third kappa shape index (κ3) is 5.10. The molecular weight excluding hydrogens is 302 g/mol. The van der Waals surface area contributed by atoms with Crippen molar-refractivity contribution in [3.63, 3.8) is 0 Å². The molecule has 21 heavy (non-hydrogen) atoms. The minimum Gasteiger partial charge on any atom is -0.326 e. The highest BCUT2D eigenvalue weighted by molar-refractivity contribution is 7.99. The van der Waals surface area contributed by atoms with E-state index in [0.29, 0.717) is 11.4 Å². The van der Waals surface area contributed by atoms with Crippen molar-refractivity contribution in [3.05, 3.63) is 59.1 Å². The number of carbonyl (C=O) groups excluding carboxylic acids is 1. The molecule has 0 saturated heterocycles. The summed E-state index contributed by atoms with van der Waals surface area (Å²) in [7, 11) is 0. The smallest absolute Gasteiger partial charge is 0.224 e. The van der Waals surface area contributed by atoms with E-state index in [1.807, 2.05) is 43.3 Å². The van der Waals surface area contributed by atoms with Crippen LogP contribution in [0, 0.1) is 6.92 Å². The van der Waals surface area contributed by atoms with E-state index in [-0.39, 0.29) is 5.91 Å². The first-order valence-corrected chi connectivity index (χ1v) is 8.26. The van der Waals surface area contributed by atoms with Gasteiger partial charge in [-0.25, -0.2) is 0 Å². The van der Waals surface area contributed by atoms with E-state index in [2.05, 4.69) is 17.4 Å². The molecule has 0 spiro atoms.